The second-order valence-corrected chi connectivity index (χ2v) is 13.3. The Morgan fingerprint density at radius 3 is 1.71 bits per heavy atom. The van der Waals surface area contributed by atoms with E-state index < -0.39 is 18.0 Å². The van der Waals surface area contributed by atoms with Crippen LogP contribution in [0.1, 0.15) is 71.6 Å². The van der Waals surface area contributed by atoms with Gasteiger partial charge in [-0.15, -0.1) is 0 Å². The maximum absolute atomic E-state index is 12.7. The van der Waals surface area contributed by atoms with Gasteiger partial charge in [0.2, 0.25) is 0 Å². The Morgan fingerprint density at radius 2 is 1.26 bits per heavy atom. The highest BCUT2D eigenvalue weighted by Gasteiger charge is 2.37. The first-order chi connectivity index (χ1) is 16.0. The molecule has 2 saturated carbocycles. The third-order valence-corrected chi connectivity index (χ3v) is 11.8. The highest BCUT2D eigenvalue weighted by molar-refractivity contribution is 7.87. The minimum Gasteiger partial charge on any atom is -0.496 e. The Bertz CT molecular complexity index is 1020. The predicted molar refractivity (Wildman–Crippen MR) is 142 cm³/mol. The summed E-state index contributed by atoms with van der Waals surface area (Å²) in [6.45, 7) is 0. The summed E-state index contributed by atoms with van der Waals surface area (Å²) in [6, 6.07) is 10.9. The number of ether oxygens (including phenoxy) is 2. The second kappa shape index (κ2) is 11.9. The van der Waals surface area contributed by atoms with Crippen molar-refractivity contribution in [3.05, 3.63) is 36.4 Å². The van der Waals surface area contributed by atoms with Crippen molar-refractivity contribution in [3.8, 4) is 22.6 Å². The Morgan fingerprint density at radius 1 is 0.794 bits per heavy atom. The minimum atomic E-state index is -4.39. The Balaban J connectivity index is 0.00000324. The highest BCUT2D eigenvalue weighted by Crippen LogP contribution is 2.58. The summed E-state index contributed by atoms with van der Waals surface area (Å²) in [5, 5.41) is 0.816. The zero-order valence-electron chi connectivity index (χ0n) is 19.6. The lowest BCUT2D eigenvalue weighted by Crippen LogP contribution is -2.30. The van der Waals surface area contributed by atoms with Gasteiger partial charge in [0.1, 0.15) is 16.4 Å². The molecular formula is C27H39O5PS. The maximum Gasteiger partial charge on any atom is 0.295 e. The van der Waals surface area contributed by atoms with E-state index in [1.165, 1.54) is 38.5 Å². The summed E-state index contributed by atoms with van der Waals surface area (Å²) in [4.78, 5) is 0.0650. The van der Waals surface area contributed by atoms with Crippen molar-refractivity contribution in [2.75, 3.05) is 14.2 Å². The van der Waals surface area contributed by atoms with E-state index in [1.807, 2.05) is 24.3 Å². The molecule has 2 aliphatic carbocycles. The lowest BCUT2D eigenvalue weighted by atomic mass is 9.99. The molecule has 0 radical (unpaired) electrons. The van der Waals surface area contributed by atoms with Crippen LogP contribution in [-0.2, 0) is 10.1 Å². The van der Waals surface area contributed by atoms with Gasteiger partial charge in [0, 0.05) is 5.30 Å². The molecule has 2 fully saturated rings. The van der Waals surface area contributed by atoms with E-state index in [1.54, 1.807) is 26.4 Å². The molecule has 7 heteroatoms. The van der Waals surface area contributed by atoms with E-state index in [0.29, 0.717) is 22.8 Å². The normalized spacial score (nSPS) is 17.9. The summed E-state index contributed by atoms with van der Waals surface area (Å²) >= 11 is 0. The first-order valence-electron chi connectivity index (χ1n) is 12.1. The SMILES string of the molecule is C.COc1cccc(OC)c1-c1cccc(S(=O)(=O)O)c1P(C1CCCCC1)C1CCCCC1. The van der Waals surface area contributed by atoms with Crippen LogP contribution >= 0.6 is 7.92 Å². The Kier molecular flexibility index (Phi) is 9.42. The maximum atomic E-state index is 12.7. The molecule has 0 unspecified atom stereocenters. The average molecular weight is 507 g/mol. The van der Waals surface area contributed by atoms with E-state index in [-0.39, 0.29) is 12.3 Å². The smallest absolute Gasteiger partial charge is 0.295 e. The zero-order chi connectivity index (χ0) is 23.4. The van der Waals surface area contributed by atoms with E-state index in [4.69, 9.17) is 9.47 Å². The fourth-order valence-corrected chi connectivity index (χ4v) is 10.9. The van der Waals surface area contributed by atoms with Crippen LogP contribution in [0, 0.1) is 0 Å². The molecule has 5 nitrogen and oxygen atoms in total. The molecule has 2 aliphatic rings. The van der Waals surface area contributed by atoms with Gasteiger partial charge < -0.3 is 9.47 Å². The van der Waals surface area contributed by atoms with Gasteiger partial charge in [-0.05, 0) is 60.8 Å². The van der Waals surface area contributed by atoms with E-state index in [9.17, 15) is 13.0 Å². The van der Waals surface area contributed by atoms with Gasteiger partial charge in [0.15, 0.2) is 0 Å². The summed E-state index contributed by atoms with van der Waals surface area (Å²) in [5.74, 6) is 1.29. The standard InChI is InChI=1S/C26H35O5PS.CH4/c1-30-22-16-10-17-23(31-2)25(22)21-15-9-18-24(33(27,28)29)26(21)32(19-11-5-3-6-12-19)20-13-7-4-8-14-20;/h9-10,15-20H,3-8,11-14H2,1-2H3,(H,27,28,29);1H4. The van der Waals surface area contributed by atoms with Crippen molar-refractivity contribution < 1.29 is 22.4 Å². The summed E-state index contributed by atoms with van der Waals surface area (Å²) in [6.07, 6.45) is 11.8. The fourth-order valence-electron chi connectivity index (χ4n) is 5.70. The van der Waals surface area contributed by atoms with Crippen LogP contribution < -0.4 is 14.8 Å². The van der Waals surface area contributed by atoms with Gasteiger partial charge in [0.25, 0.3) is 10.1 Å². The van der Waals surface area contributed by atoms with Crippen LogP contribution in [0.25, 0.3) is 11.1 Å². The second-order valence-electron chi connectivity index (χ2n) is 9.16. The number of rotatable bonds is 7. The molecule has 188 valence electrons. The lowest BCUT2D eigenvalue weighted by Gasteiger charge is -2.40. The van der Waals surface area contributed by atoms with Crippen molar-refractivity contribution in [2.45, 2.75) is 87.8 Å². The molecule has 0 heterocycles. The van der Waals surface area contributed by atoms with Crippen molar-refractivity contribution in [3.63, 3.8) is 0 Å². The van der Waals surface area contributed by atoms with Gasteiger partial charge in [-0.2, -0.15) is 8.42 Å². The van der Waals surface area contributed by atoms with Crippen molar-refractivity contribution in [1.29, 1.82) is 0 Å². The van der Waals surface area contributed by atoms with Crippen LogP contribution in [0.3, 0.4) is 0 Å². The number of benzene rings is 2. The first-order valence-corrected chi connectivity index (χ1v) is 15.0. The molecule has 0 bridgehead atoms. The molecule has 0 aromatic heterocycles. The summed E-state index contributed by atoms with van der Waals surface area (Å²) < 4.78 is 47.2. The monoisotopic (exact) mass is 506 g/mol. The lowest BCUT2D eigenvalue weighted by molar-refractivity contribution is 0.397. The Labute approximate surface area is 206 Å². The third-order valence-electron chi connectivity index (χ3n) is 7.17. The minimum absolute atomic E-state index is 0. The molecule has 0 spiro atoms. The molecule has 0 amide bonds. The Hall–Kier alpha value is -1.62. The van der Waals surface area contributed by atoms with Crippen molar-refractivity contribution in [2.24, 2.45) is 0 Å². The third kappa shape index (κ3) is 5.61. The molecule has 2 aromatic carbocycles. The van der Waals surface area contributed by atoms with Gasteiger partial charge in [0.05, 0.1) is 19.8 Å². The van der Waals surface area contributed by atoms with Gasteiger partial charge >= 0.3 is 0 Å². The van der Waals surface area contributed by atoms with Crippen LogP contribution in [0.5, 0.6) is 11.5 Å². The van der Waals surface area contributed by atoms with Crippen LogP contribution in [0.4, 0.5) is 0 Å². The summed E-state index contributed by atoms with van der Waals surface area (Å²) in [7, 11) is -1.96. The van der Waals surface area contributed by atoms with E-state index >= 15 is 0 Å². The number of methoxy groups -OCH3 is 2. The largest absolute Gasteiger partial charge is 0.496 e. The van der Waals surface area contributed by atoms with Crippen LogP contribution in [0.2, 0.25) is 0 Å². The average Bonchev–Trinajstić information content (AvgIpc) is 2.84. The van der Waals surface area contributed by atoms with E-state index in [2.05, 4.69) is 0 Å². The van der Waals surface area contributed by atoms with Crippen molar-refractivity contribution >= 4 is 23.3 Å². The molecule has 34 heavy (non-hydrogen) atoms. The quantitative estimate of drug-likeness (QED) is 0.322. The molecular weight excluding hydrogens is 467 g/mol. The molecule has 0 aliphatic heterocycles. The fraction of sp³-hybridized carbons (Fsp3) is 0.556. The van der Waals surface area contributed by atoms with Crippen LogP contribution in [-0.4, -0.2) is 38.5 Å². The molecule has 4 rings (SSSR count). The number of hydrogen-bond donors (Lipinski definition) is 1. The zero-order valence-corrected chi connectivity index (χ0v) is 21.3. The van der Waals surface area contributed by atoms with Crippen molar-refractivity contribution in [1.82, 2.24) is 0 Å². The predicted octanol–water partition coefficient (Wildman–Crippen LogP) is 7.03. The number of hydrogen-bond acceptors (Lipinski definition) is 4. The topological polar surface area (TPSA) is 72.8 Å². The molecule has 0 saturated heterocycles. The van der Waals surface area contributed by atoms with E-state index in [0.717, 1.165) is 42.1 Å². The molecule has 2 aromatic rings. The van der Waals surface area contributed by atoms with Gasteiger partial charge in [-0.25, -0.2) is 0 Å². The first kappa shape index (κ1) is 27.0. The van der Waals surface area contributed by atoms with Gasteiger partial charge in [-0.1, -0.05) is 72.1 Å². The summed E-state index contributed by atoms with van der Waals surface area (Å²) in [5.41, 5.74) is 2.53. The van der Waals surface area contributed by atoms with Gasteiger partial charge in [-0.3, -0.25) is 4.55 Å². The highest BCUT2D eigenvalue weighted by atomic mass is 32.2. The molecule has 1 N–H and O–H groups in total. The molecule has 0 atom stereocenters. The van der Waals surface area contributed by atoms with Crippen LogP contribution in [0.15, 0.2) is 41.3 Å².